The summed E-state index contributed by atoms with van der Waals surface area (Å²) in [4.78, 5) is 14.8. The van der Waals surface area contributed by atoms with Crippen molar-refractivity contribution >= 4 is 22.4 Å². The molecule has 0 saturated heterocycles. The van der Waals surface area contributed by atoms with Crippen molar-refractivity contribution in [1.82, 2.24) is 10.3 Å². The van der Waals surface area contributed by atoms with E-state index in [1.165, 1.54) is 11.3 Å². The van der Waals surface area contributed by atoms with Crippen molar-refractivity contribution in [3.05, 3.63) is 11.1 Å². The lowest BCUT2D eigenvalue weighted by atomic mass is 10.3. The molecule has 1 aromatic heterocycles. The lowest BCUT2D eigenvalue weighted by Crippen LogP contribution is -2.29. The zero-order chi connectivity index (χ0) is 10.6. The normalized spacial score (nSPS) is 10.5. The van der Waals surface area contributed by atoms with Crippen LogP contribution in [0.4, 0.5) is 13.9 Å². The van der Waals surface area contributed by atoms with Gasteiger partial charge in [0.25, 0.3) is 6.43 Å². The summed E-state index contributed by atoms with van der Waals surface area (Å²) in [6.07, 6.45) is -2.54. The van der Waals surface area contributed by atoms with Crippen LogP contribution in [0.2, 0.25) is 0 Å². The molecule has 0 aliphatic rings. The summed E-state index contributed by atoms with van der Waals surface area (Å²) in [5.74, 6) is -0.476. The second-order valence-electron chi connectivity index (χ2n) is 2.55. The number of hydrogen-bond donors (Lipinski definition) is 2. The third-order valence-corrected chi connectivity index (χ3v) is 2.09. The number of nitrogen functional groups attached to an aromatic ring is 1. The first-order valence-electron chi connectivity index (χ1n) is 3.82. The highest BCUT2D eigenvalue weighted by atomic mass is 32.1. The number of carbonyl (C=O) groups is 1. The average molecular weight is 221 g/mol. The van der Waals surface area contributed by atoms with Gasteiger partial charge in [0.2, 0.25) is 5.91 Å². The van der Waals surface area contributed by atoms with Crippen LogP contribution in [-0.2, 0) is 11.2 Å². The van der Waals surface area contributed by atoms with Crippen molar-refractivity contribution < 1.29 is 13.6 Å². The van der Waals surface area contributed by atoms with E-state index in [1.54, 1.807) is 5.38 Å². The maximum atomic E-state index is 11.7. The van der Waals surface area contributed by atoms with Crippen LogP contribution in [0.25, 0.3) is 0 Å². The highest BCUT2D eigenvalue weighted by molar-refractivity contribution is 7.13. The lowest BCUT2D eigenvalue weighted by Gasteiger charge is -2.01. The molecule has 0 bridgehead atoms. The number of aromatic nitrogens is 1. The summed E-state index contributed by atoms with van der Waals surface area (Å²) in [6.45, 7) is -0.627. The van der Waals surface area contributed by atoms with Gasteiger partial charge in [0, 0.05) is 5.38 Å². The van der Waals surface area contributed by atoms with Gasteiger partial charge in [0.1, 0.15) is 0 Å². The molecule has 1 aromatic rings. The monoisotopic (exact) mass is 221 g/mol. The Balaban J connectivity index is 2.34. The number of carbonyl (C=O) groups excluding carboxylic acids is 1. The smallest absolute Gasteiger partial charge is 0.255 e. The number of thiazole rings is 1. The lowest BCUT2D eigenvalue weighted by molar-refractivity contribution is -0.121. The van der Waals surface area contributed by atoms with E-state index < -0.39 is 18.9 Å². The molecular formula is C7H9F2N3OS. The van der Waals surface area contributed by atoms with Crippen LogP contribution in [0, 0.1) is 0 Å². The number of anilines is 1. The quantitative estimate of drug-likeness (QED) is 0.784. The molecule has 0 radical (unpaired) electrons. The van der Waals surface area contributed by atoms with Gasteiger partial charge in [0.05, 0.1) is 18.7 Å². The maximum Gasteiger partial charge on any atom is 0.255 e. The fraction of sp³-hybridized carbons (Fsp3) is 0.429. The van der Waals surface area contributed by atoms with Crippen LogP contribution in [0.3, 0.4) is 0 Å². The molecule has 1 amide bonds. The van der Waals surface area contributed by atoms with Crippen molar-refractivity contribution in [2.45, 2.75) is 12.8 Å². The van der Waals surface area contributed by atoms with Crippen LogP contribution in [0.1, 0.15) is 5.69 Å². The second kappa shape index (κ2) is 4.85. The molecule has 0 saturated carbocycles. The van der Waals surface area contributed by atoms with Gasteiger partial charge in [-0.2, -0.15) is 0 Å². The molecule has 4 nitrogen and oxygen atoms in total. The van der Waals surface area contributed by atoms with Crippen molar-refractivity contribution in [2.24, 2.45) is 0 Å². The van der Waals surface area contributed by atoms with E-state index in [9.17, 15) is 13.6 Å². The summed E-state index contributed by atoms with van der Waals surface area (Å²) >= 11 is 1.21. The van der Waals surface area contributed by atoms with Crippen molar-refractivity contribution in [3.63, 3.8) is 0 Å². The highest BCUT2D eigenvalue weighted by Crippen LogP contribution is 2.11. The number of amides is 1. The van der Waals surface area contributed by atoms with Gasteiger partial charge < -0.3 is 11.1 Å². The van der Waals surface area contributed by atoms with Gasteiger partial charge in [-0.05, 0) is 0 Å². The third kappa shape index (κ3) is 3.65. The zero-order valence-electron chi connectivity index (χ0n) is 7.17. The van der Waals surface area contributed by atoms with E-state index in [4.69, 9.17) is 5.73 Å². The molecule has 0 aliphatic carbocycles. The Morgan fingerprint density at radius 3 is 2.93 bits per heavy atom. The fourth-order valence-electron chi connectivity index (χ4n) is 0.822. The molecule has 78 valence electrons. The molecule has 0 fully saturated rings. The van der Waals surface area contributed by atoms with Crippen LogP contribution < -0.4 is 11.1 Å². The maximum absolute atomic E-state index is 11.7. The topological polar surface area (TPSA) is 68.0 Å². The Kier molecular flexibility index (Phi) is 3.75. The Labute approximate surface area is 83.1 Å². The van der Waals surface area contributed by atoms with Crippen LogP contribution in [0.5, 0.6) is 0 Å². The Morgan fingerprint density at radius 2 is 2.43 bits per heavy atom. The number of nitrogens with two attached hydrogens (primary N) is 1. The summed E-state index contributed by atoms with van der Waals surface area (Å²) in [5.41, 5.74) is 5.83. The van der Waals surface area contributed by atoms with E-state index in [2.05, 4.69) is 10.3 Å². The second-order valence-corrected chi connectivity index (χ2v) is 3.44. The van der Waals surface area contributed by atoms with E-state index in [-0.39, 0.29) is 6.42 Å². The highest BCUT2D eigenvalue weighted by Gasteiger charge is 2.08. The van der Waals surface area contributed by atoms with E-state index >= 15 is 0 Å². The summed E-state index contributed by atoms with van der Waals surface area (Å²) in [7, 11) is 0. The first-order chi connectivity index (χ1) is 6.58. The van der Waals surface area contributed by atoms with E-state index in [0.717, 1.165) is 0 Å². The molecule has 0 atom stereocenters. The standard InChI is InChI=1S/C7H9F2N3OS/c8-5(9)2-11-6(13)1-4-3-14-7(10)12-4/h3,5H,1-2H2,(H2,10,12)(H,11,13). The van der Waals surface area contributed by atoms with Crippen LogP contribution >= 0.6 is 11.3 Å². The number of rotatable bonds is 4. The molecule has 3 N–H and O–H groups in total. The summed E-state index contributed by atoms with van der Waals surface area (Å²) < 4.78 is 23.4. The Hall–Kier alpha value is -1.24. The Bertz CT molecular complexity index is 316. The number of alkyl halides is 2. The van der Waals surface area contributed by atoms with E-state index in [0.29, 0.717) is 10.8 Å². The predicted octanol–water partition coefficient (Wildman–Crippen LogP) is 0.649. The molecule has 14 heavy (non-hydrogen) atoms. The third-order valence-electron chi connectivity index (χ3n) is 1.36. The average Bonchev–Trinajstić information content (AvgIpc) is 2.48. The van der Waals surface area contributed by atoms with Gasteiger partial charge in [0.15, 0.2) is 5.13 Å². The molecular weight excluding hydrogens is 212 g/mol. The molecule has 1 heterocycles. The van der Waals surface area contributed by atoms with Gasteiger partial charge >= 0.3 is 0 Å². The minimum absolute atomic E-state index is 0.0135. The number of nitrogens with zero attached hydrogens (tertiary/aromatic N) is 1. The molecule has 0 aromatic carbocycles. The van der Waals surface area contributed by atoms with Gasteiger partial charge in [-0.1, -0.05) is 0 Å². The van der Waals surface area contributed by atoms with Crippen LogP contribution in [0.15, 0.2) is 5.38 Å². The SMILES string of the molecule is Nc1nc(CC(=O)NCC(F)F)cs1. The summed E-state index contributed by atoms with van der Waals surface area (Å²) in [5, 5.41) is 4.06. The zero-order valence-corrected chi connectivity index (χ0v) is 7.98. The number of hydrogen-bond acceptors (Lipinski definition) is 4. The minimum Gasteiger partial charge on any atom is -0.375 e. The van der Waals surface area contributed by atoms with E-state index in [1.807, 2.05) is 0 Å². The van der Waals surface area contributed by atoms with Gasteiger partial charge in [-0.3, -0.25) is 4.79 Å². The molecule has 0 unspecified atom stereocenters. The predicted molar refractivity (Wildman–Crippen MR) is 49.2 cm³/mol. The minimum atomic E-state index is -2.53. The fourth-order valence-corrected chi connectivity index (χ4v) is 1.38. The Morgan fingerprint density at radius 1 is 1.71 bits per heavy atom. The molecule has 0 aliphatic heterocycles. The largest absolute Gasteiger partial charge is 0.375 e. The van der Waals surface area contributed by atoms with Crippen molar-refractivity contribution in [3.8, 4) is 0 Å². The van der Waals surface area contributed by atoms with Crippen molar-refractivity contribution in [2.75, 3.05) is 12.3 Å². The summed E-state index contributed by atoms with van der Waals surface area (Å²) in [6, 6.07) is 0. The van der Waals surface area contributed by atoms with Crippen LogP contribution in [-0.4, -0.2) is 23.9 Å². The van der Waals surface area contributed by atoms with Gasteiger partial charge in [-0.15, -0.1) is 11.3 Å². The molecule has 1 rings (SSSR count). The first kappa shape index (κ1) is 10.8. The number of halogens is 2. The number of nitrogens with one attached hydrogen (secondary N) is 1. The van der Waals surface area contributed by atoms with Crippen molar-refractivity contribution in [1.29, 1.82) is 0 Å². The molecule has 7 heteroatoms. The first-order valence-corrected chi connectivity index (χ1v) is 4.70. The van der Waals surface area contributed by atoms with Gasteiger partial charge in [-0.25, -0.2) is 13.8 Å². The molecule has 0 spiro atoms.